The average molecular weight is 315 g/mol. The molecule has 116 valence electrons. The molecule has 0 aliphatic heterocycles. The monoisotopic (exact) mass is 315 g/mol. The van der Waals surface area contributed by atoms with E-state index in [-0.39, 0.29) is 6.04 Å². The zero-order valence-electron chi connectivity index (χ0n) is 10.9. The second-order valence-corrected chi connectivity index (χ2v) is 5.13. The molecule has 1 fully saturated rings. The summed E-state index contributed by atoms with van der Waals surface area (Å²) in [5, 5.41) is 8.58. The number of rotatable bonds is 2. The molecule has 4 nitrogen and oxygen atoms in total. The highest BCUT2D eigenvalue weighted by Gasteiger charge is 2.39. The largest absolute Gasteiger partial charge is 0.477 e. The summed E-state index contributed by atoms with van der Waals surface area (Å²) in [4.78, 5) is 23.2. The fourth-order valence-electron chi connectivity index (χ4n) is 2.49. The van der Waals surface area contributed by atoms with Gasteiger partial charge in [0.05, 0.1) is 5.52 Å². The third-order valence-corrected chi connectivity index (χ3v) is 3.60. The van der Waals surface area contributed by atoms with Gasteiger partial charge in [-0.15, -0.1) is 0 Å². The van der Waals surface area contributed by atoms with Crippen LogP contribution in [0.3, 0.4) is 0 Å². The number of benzene rings is 1. The van der Waals surface area contributed by atoms with Crippen LogP contribution in [0.1, 0.15) is 34.8 Å². The second-order valence-electron chi connectivity index (χ2n) is 5.13. The predicted octanol–water partition coefficient (Wildman–Crippen LogP) is 3.19. The molecule has 3 rings (SSSR count). The molecule has 1 aliphatic rings. The molecule has 0 saturated heterocycles. The first-order chi connectivity index (χ1) is 10.2. The number of halogens is 4. The molecule has 1 aliphatic carbocycles. The summed E-state index contributed by atoms with van der Waals surface area (Å²) in [7, 11) is 0. The zero-order valence-corrected chi connectivity index (χ0v) is 10.9. The van der Waals surface area contributed by atoms with E-state index in [0.29, 0.717) is 18.9 Å². The number of alkyl halides is 3. The van der Waals surface area contributed by atoms with Gasteiger partial charge in [0, 0.05) is 17.6 Å². The van der Waals surface area contributed by atoms with Crippen LogP contribution in [-0.2, 0) is 6.18 Å². The first kappa shape index (κ1) is 14.6. The third kappa shape index (κ3) is 2.15. The molecule has 0 bridgehead atoms. The van der Waals surface area contributed by atoms with Crippen LogP contribution in [-0.4, -0.2) is 15.6 Å². The predicted molar refractivity (Wildman–Crippen MR) is 68.4 cm³/mol. The van der Waals surface area contributed by atoms with Crippen LogP contribution >= 0.6 is 0 Å². The van der Waals surface area contributed by atoms with Gasteiger partial charge in [-0.1, -0.05) is 0 Å². The minimum Gasteiger partial charge on any atom is -0.477 e. The molecule has 8 heteroatoms. The van der Waals surface area contributed by atoms with Crippen molar-refractivity contribution in [1.29, 1.82) is 0 Å². The summed E-state index contributed by atoms with van der Waals surface area (Å²) in [5.74, 6) is -3.02. The molecule has 22 heavy (non-hydrogen) atoms. The van der Waals surface area contributed by atoms with Crippen LogP contribution in [0.25, 0.3) is 10.9 Å². The Balaban J connectivity index is 2.52. The Morgan fingerprint density at radius 3 is 2.41 bits per heavy atom. The molecule has 1 aromatic carbocycles. The van der Waals surface area contributed by atoms with Gasteiger partial charge in [0.25, 0.3) is 0 Å². The number of fused-ring (bicyclic) bond motifs is 1. The van der Waals surface area contributed by atoms with Gasteiger partial charge < -0.3 is 9.67 Å². The highest BCUT2D eigenvalue weighted by molar-refractivity contribution is 5.93. The van der Waals surface area contributed by atoms with E-state index in [9.17, 15) is 27.2 Å². The number of pyridine rings is 1. The van der Waals surface area contributed by atoms with Crippen LogP contribution in [0.5, 0.6) is 0 Å². The summed E-state index contributed by atoms with van der Waals surface area (Å²) >= 11 is 0. The Morgan fingerprint density at radius 1 is 1.27 bits per heavy atom. The van der Waals surface area contributed by atoms with Crippen molar-refractivity contribution in [3.05, 3.63) is 45.5 Å². The Kier molecular flexibility index (Phi) is 3.01. The smallest absolute Gasteiger partial charge is 0.421 e. The Hall–Kier alpha value is -2.38. The van der Waals surface area contributed by atoms with Crippen molar-refractivity contribution in [3.8, 4) is 0 Å². The lowest BCUT2D eigenvalue weighted by molar-refractivity contribution is -0.138. The third-order valence-electron chi connectivity index (χ3n) is 3.60. The number of aromatic carboxylic acids is 1. The first-order valence-corrected chi connectivity index (χ1v) is 6.39. The van der Waals surface area contributed by atoms with Crippen LogP contribution in [0.15, 0.2) is 23.1 Å². The van der Waals surface area contributed by atoms with E-state index in [1.807, 2.05) is 0 Å². The molecular formula is C14H9F4NO3. The summed E-state index contributed by atoms with van der Waals surface area (Å²) in [6, 6.07) is 1.08. The summed E-state index contributed by atoms with van der Waals surface area (Å²) in [5.41, 5.74) is -3.81. The highest BCUT2D eigenvalue weighted by Crippen LogP contribution is 2.42. The van der Waals surface area contributed by atoms with Crippen molar-refractivity contribution in [2.45, 2.75) is 25.1 Å². The summed E-state index contributed by atoms with van der Waals surface area (Å²) in [6.07, 6.45) is -3.02. The van der Waals surface area contributed by atoms with Gasteiger partial charge in [-0.2, -0.15) is 13.2 Å². The fourth-order valence-corrected chi connectivity index (χ4v) is 2.49. The van der Waals surface area contributed by atoms with Crippen molar-refractivity contribution >= 4 is 16.9 Å². The quantitative estimate of drug-likeness (QED) is 0.866. The van der Waals surface area contributed by atoms with Crippen molar-refractivity contribution in [3.63, 3.8) is 0 Å². The summed E-state index contributed by atoms with van der Waals surface area (Å²) in [6.45, 7) is 0. The molecular weight excluding hydrogens is 306 g/mol. The van der Waals surface area contributed by atoms with E-state index in [0.717, 1.165) is 16.8 Å². The van der Waals surface area contributed by atoms with Crippen molar-refractivity contribution in [1.82, 2.24) is 4.57 Å². The normalized spacial score (nSPS) is 15.3. The Labute approximate surface area is 120 Å². The first-order valence-electron chi connectivity index (χ1n) is 6.39. The number of nitrogens with zero attached hydrogens (tertiary/aromatic N) is 1. The molecule has 0 radical (unpaired) electrons. The minimum atomic E-state index is -4.99. The van der Waals surface area contributed by atoms with E-state index < -0.39 is 45.4 Å². The molecule has 1 saturated carbocycles. The van der Waals surface area contributed by atoms with Gasteiger partial charge in [0.15, 0.2) is 0 Å². The average Bonchev–Trinajstić information content (AvgIpc) is 3.21. The van der Waals surface area contributed by atoms with Gasteiger partial charge in [0.2, 0.25) is 5.43 Å². The molecule has 1 N–H and O–H groups in total. The summed E-state index contributed by atoms with van der Waals surface area (Å²) < 4.78 is 54.3. The van der Waals surface area contributed by atoms with Crippen molar-refractivity contribution < 1.29 is 27.5 Å². The number of carboxylic acid groups (broad SMARTS) is 1. The molecule has 0 unspecified atom stereocenters. The van der Waals surface area contributed by atoms with E-state index in [1.165, 1.54) is 0 Å². The number of hydrogen-bond acceptors (Lipinski definition) is 2. The molecule has 0 spiro atoms. The highest BCUT2D eigenvalue weighted by atomic mass is 19.4. The van der Waals surface area contributed by atoms with Crippen LogP contribution in [0.2, 0.25) is 0 Å². The van der Waals surface area contributed by atoms with Gasteiger partial charge in [-0.25, -0.2) is 9.18 Å². The van der Waals surface area contributed by atoms with E-state index >= 15 is 0 Å². The maximum atomic E-state index is 13.7. The van der Waals surface area contributed by atoms with Gasteiger partial charge >= 0.3 is 12.1 Å². The van der Waals surface area contributed by atoms with Gasteiger partial charge in [-0.05, 0) is 25.0 Å². The lowest BCUT2D eigenvalue weighted by Crippen LogP contribution is -2.22. The zero-order chi connectivity index (χ0) is 16.2. The number of aromatic nitrogens is 1. The van der Waals surface area contributed by atoms with Crippen molar-refractivity contribution in [2.75, 3.05) is 0 Å². The SMILES string of the molecule is O=C(O)c1cn(C2CC2)c2c(C(F)(F)F)c(F)ccc2c1=O. The molecule has 1 aromatic heterocycles. The second kappa shape index (κ2) is 4.56. The standard InChI is InChI=1S/C14H9F4NO3/c15-9-4-3-7-11(10(9)14(16,17)18)19(6-1-2-6)5-8(12(7)20)13(21)22/h3-6H,1-2H2,(H,21,22). The van der Waals surface area contributed by atoms with E-state index in [4.69, 9.17) is 5.11 Å². The van der Waals surface area contributed by atoms with Crippen molar-refractivity contribution in [2.24, 2.45) is 0 Å². The maximum Gasteiger partial charge on any atom is 0.421 e. The van der Waals surface area contributed by atoms with Gasteiger partial charge in [-0.3, -0.25) is 4.79 Å². The van der Waals surface area contributed by atoms with E-state index in [1.54, 1.807) is 0 Å². The Bertz CT molecular complexity index is 850. The van der Waals surface area contributed by atoms with Gasteiger partial charge in [0.1, 0.15) is 16.9 Å². The number of carboxylic acids is 1. The molecule has 1 heterocycles. The number of hydrogen-bond donors (Lipinski definition) is 1. The molecule has 0 atom stereocenters. The fraction of sp³-hybridized carbons (Fsp3) is 0.286. The van der Waals surface area contributed by atoms with Crippen LogP contribution in [0.4, 0.5) is 17.6 Å². The van der Waals surface area contributed by atoms with E-state index in [2.05, 4.69) is 0 Å². The Morgan fingerprint density at radius 2 is 1.91 bits per heavy atom. The topological polar surface area (TPSA) is 59.3 Å². The molecule has 0 amide bonds. The lowest BCUT2D eigenvalue weighted by atomic mass is 10.1. The lowest BCUT2D eigenvalue weighted by Gasteiger charge is -2.17. The molecule has 2 aromatic rings. The van der Waals surface area contributed by atoms with Crippen LogP contribution < -0.4 is 5.43 Å². The van der Waals surface area contributed by atoms with Crippen LogP contribution in [0, 0.1) is 5.82 Å². The minimum absolute atomic E-state index is 0.357. The number of carbonyl (C=O) groups is 1. The maximum absolute atomic E-state index is 13.7.